The fraction of sp³-hybridized carbons (Fsp3) is 0.985. The van der Waals surface area contributed by atoms with E-state index in [-0.39, 0.29) is 12.5 Å². The summed E-state index contributed by atoms with van der Waals surface area (Å²) < 4.78 is 22.9. The van der Waals surface area contributed by atoms with Crippen molar-refractivity contribution in [2.24, 2.45) is 0 Å². The Morgan fingerprint density at radius 3 is 1.06 bits per heavy atom. The van der Waals surface area contributed by atoms with Crippen LogP contribution in [-0.2, 0) is 23.7 Å². The topological polar surface area (TPSA) is 228 Å². The molecule has 14 nitrogen and oxygen atoms in total. The predicted molar refractivity (Wildman–Crippen MR) is 323 cm³/mol. The van der Waals surface area contributed by atoms with Crippen LogP contribution in [0.1, 0.15) is 322 Å². The molecule has 12 unspecified atom stereocenters. The first-order valence-electron chi connectivity index (χ1n) is 34.3. The van der Waals surface area contributed by atoms with Crippen LogP contribution < -0.4 is 5.32 Å². The number of ether oxygens (including phenoxy) is 4. The van der Waals surface area contributed by atoms with E-state index in [4.69, 9.17) is 18.9 Å². The Bertz CT molecular complexity index is 1350. The summed E-state index contributed by atoms with van der Waals surface area (Å²) in [6.45, 7) is 2.93. The highest BCUT2D eigenvalue weighted by atomic mass is 16.7. The number of hydrogen-bond acceptors (Lipinski definition) is 13. The maximum Gasteiger partial charge on any atom is 0.220 e. The molecule has 2 rings (SSSR count). The van der Waals surface area contributed by atoms with Crippen molar-refractivity contribution in [3.05, 3.63) is 0 Å². The third-order valence-electron chi connectivity index (χ3n) is 17.3. The lowest BCUT2D eigenvalue weighted by molar-refractivity contribution is -0.359. The van der Waals surface area contributed by atoms with Gasteiger partial charge in [0, 0.05) is 6.42 Å². The van der Waals surface area contributed by atoms with Gasteiger partial charge >= 0.3 is 0 Å². The SMILES string of the molecule is CCCCCCCCCCCCCCCCCCCCCCCCCCCC(=O)NC(COC1OC(CO)C(OC2OC(CO)C(O)C(O)C2O)C(O)C1O)C(O)CCCCCCCCCCCCCCCCCCCCCCC. The molecule has 80 heavy (non-hydrogen) atoms. The molecule has 0 aromatic heterocycles. The number of unbranched alkanes of at least 4 members (excludes halogenated alkanes) is 44. The maximum atomic E-state index is 13.3. The van der Waals surface area contributed by atoms with Gasteiger partial charge in [0.15, 0.2) is 12.6 Å². The highest BCUT2D eigenvalue weighted by molar-refractivity contribution is 5.76. The van der Waals surface area contributed by atoms with Gasteiger partial charge in [-0.3, -0.25) is 4.79 Å². The number of rotatable bonds is 57. The summed E-state index contributed by atoms with van der Waals surface area (Å²) >= 11 is 0. The van der Waals surface area contributed by atoms with Crippen LogP contribution in [0.15, 0.2) is 0 Å². The van der Waals surface area contributed by atoms with Crippen molar-refractivity contribution in [1.29, 1.82) is 0 Å². The Morgan fingerprint density at radius 1 is 0.400 bits per heavy atom. The van der Waals surface area contributed by atoms with Crippen LogP contribution in [0.2, 0.25) is 0 Å². The number of aliphatic hydroxyl groups is 8. The molecular weight excluding hydrogens is 1010 g/mol. The monoisotopic (exact) mass is 1140 g/mol. The van der Waals surface area contributed by atoms with Crippen LogP contribution in [0.4, 0.5) is 0 Å². The van der Waals surface area contributed by atoms with Crippen molar-refractivity contribution in [3.8, 4) is 0 Å². The molecule has 9 N–H and O–H groups in total. The van der Waals surface area contributed by atoms with Crippen LogP contribution in [0.25, 0.3) is 0 Å². The number of carbonyl (C=O) groups is 1. The van der Waals surface area contributed by atoms with Crippen LogP contribution in [0.3, 0.4) is 0 Å². The van der Waals surface area contributed by atoms with Crippen molar-refractivity contribution in [2.45, 2.75) is 396 Å². The van der Waals surface area contributed by atoms with Gasteiger partial charge in [-0.15, -0.1) is 0 Å². The fourth-order valence-corrected chi connectivity index (χ4v) is 11.8. The van der Waals surface area contributed by atoms with Crippen LogP contribution in [0.5, 0.6) is 0 Å². The zero-order chi connectivity index (χ0) is 58.1. The van der Waals surface area contributed by atoms with Crippen molar-refractivity contribution < 1.29 is 64.6 Å². The van der Waals surface area contributed by atoms with E-state index < -0.39 is 86.8 Å². The summed E-state index contributed by atoms with van der Waals surface area (Å²) in [5, 5.41) is 87.5. The molecule has 0 bridgehead atoms. The number of nitrogens with one attached hydrogen (secondary N) is 1. The van der Waals surface area contributed by atoms with Gasteiger partial charge in [0.25, 0.3) is 0 Å². The highest BCUT2D eigenvalue weighted by Crippen LogP contribution is 2.30. The lowest BCUT2D eigenvalue weighted by Crippen LogP contribution is -2.65. The van der Waals surface area contributed by atoms with Gasteiger partial charge in [-0.1, -0.05) is 303 Å². The zero-order valence-corrected chi connectivity index (χ0v) is 51.6. The van der Waals surface area contributed by atoms with Crippen LogP contribution >= 0.6 is 0 Å². The number of amides is 1. The molecule has 0 saturated carbocycles. The molecule has 2 heterocycles. The van der Waals surface area contributed by atoms with Gasteiger partial charge in [0.05, 0.1) is 32.0 Å². The minimum absolute atomic E-state index is 0.197. The second-order valence-electron chi connectivity index (χ2n) is 24.7. The van der Waals surface area contributed by atoms with Crippen molar-refractivity contribution >= 4 is 5.91 Å². The maximum absolute atomic E-state index is 13.3. The Labute approximate surface area is 489 Å². The molecule has 0 aromatic carbocycles. The normalized spacial score (nSPS) is 24.1. The van der Waals surface area contributed by atoms with Crippen LogP contribution in [0, 0.1) is 0 Å². The highest BCUT2D eigenvalue weighted by Gasteiger charge is 2.51. The van der Waals surface area contributed by atoms with Gasteiger partial charge < -0.3 is 65.1 Å². The van der Waals surface area contributed by atoms with E-state index in [0.29, 0.717) is 12.8 Å². The molecule has 2 fully saturated rings. The van der Waals surface area contributed by atoms with E-state index in [0.717, 1.165) is 51.4 Å². The first kappa shape index (κ1) is 75.1. The molecule has 14 heteroatoms. The number of aliphatic hydroxyl groups excluding tert-OH is 8. The van der Waals surface area contributed by atoms with E-state index >= 15 is 0 Å². The Kier molecular flexibility index (Phi) is 49.1. The minimum Gasteiger partial charge on any atom is -0.394 e. The lowest BCUT2D eigenvalue weighted by atomic mass is 9.97. The number of hydrogen-bond donors (Lipinski definition) is 9. The molecule has 2 saturated heterocycles. The van der Waals surface area contributed by atoms with Gasteiger partial charge in [0.1, 0.15) is 48.8 Å². The standard InChI is InChI=1S/C66H129NO13/c1-3-5-7-9-11-13-15-17-19-21-23-25-26-27-28-30-32-34-36-38-40-42-44-46-48-50-58(71)67-54(55(70)49-47-45-43-41-39-37-35-33-31-29-24-22-20-18-16-14-12-10-8-6-4-2)53-77-65-63(76)61(74)64(57(52-69)79-65)80-66-62(75)60(73)59(72)56(51-68)78-66/h54-57,59-66,68-70,72-76H,3-53H2,1-2H3,(H,67,71). The largest absolute Gasteiger partial charge is 0.394 e. The summed E-state index contributed by atoms with van der Waals surface area (Å²) in [6.07, 6.45) is 44.0. The fourth-order valence-electron chi connectivity index (χ4n) is 11.8. The first-order valence-corrected chi connectivity index (χ1v) is 34.3. The number of carbonyl (C=O) groups excluding carboxylic acids is 1. The molecular formula is C66H129NO13. The van der Waals surface area contributed by atoms with Gasteiger partial charge in [0.2, 0.25) is 5.91 Å². The molecule has 0 aromatic rings. The Balaban J connectivity index is 1.68. The average molecular weight is 1140 g/mol. The predicted octanol–water partition coefficient (Wildman–Crippen LogP) is 13.2. The van der Waals surface area contributed by atoms with E-state index in [1.807, 2.05) is 0 Å². The van der Waals surface area contributed by atoms with E-state index in [1.165, 1.54) is 244 Å². The third-order valence-corrected chi connectivity index (χ3v) is 17.3. The molecule has 476 valence electrons. The molecule has 1 amide bonds. The smallest absolute Gasteiger partial charge is 0.220 e. The quantitative estimate of drug-likeness (QED) is 0.0259. The summed E-state index contributed by atoms with van der Waals surface area (Å²) in [5.41, 5.74) is 0. The van der Waals surface area contributed by atoms with Gasteiger partial charge in [-0.25, -0.2) is 0 Å². The zero-order valence-electron chi connectivity index (χ0n) is 51.6. The van der Waals surface area contributed by atoms with Crippen molar-refractivity contribution in [1.82, 2.24) is 5.32 Å². The second kappa shape index (κ2) is 52.3. The lowest BCUT2D eigenvalue weighted by Gasteiger charge is -2.46. The van der Waals surface area contributed by atoms with Crippen molar-refractivity contribution in [2.75, 3.05) is 19.8 Å². The third kappa shape index (κ3) is 36.7. The van der Waals surface area contributed by atoms with E-state index in [9.17, 15) is 45.6 Å². The van der Waals surface area contributed by atoms with Gasteiger partial charge in [-0.05, 0) is 12.8 Å². The summed E-state index contributed by atoms with van der Waals surface area (Å²) in [4.78, 5) is 13.3. The molecule has 2 aliphatic heterocycles. The van der Waals surface area contributed by atoms with E-state index in [2.05, 4.69) is 19.2 Å². The van der Waals surface area contributed by atoms with Crippen LogP contribution in [-0.4, -0.2) is 140 Å². The van der Waals surface area contributed by atoms with E-state index in [1.54, 1.807) is 0 Å². The molecule has 2 aliphatic rings. The second-order valence-corrected chi connectivity index (χ2v) is 24.7. The molecule has 0 radical (unpaired) electrons. The van der Waals surface area contributed by atoms with Gasteiger partial charge in [-0.2, -0.15) is 0 Å². The molecule has 0 spiro atoms. The Morgan fingerprint density at radius 2 is 0.713 bits per heavy atom. The average Bonchev–Trinajstić information content (AvgIpc) is 3.49. The molecule has 0 aliphatic carbocycles. The minimum atomic E-state index is -1.78. The summed E-state index contributed by atoms with van der Waals surface area (Å²) in [6, 6.07) is -0.824. The molecule has 12 atom stereocenters. The Hall–Kier alpha value is -1.01. The summed E-state index contributed by atoms with van der Waals surface area (Å²) in [7, 11) is 0. The first-order chi connectivity index (χ1) is 39.1. The summed E-state index contributed by atoms with van der Waals surface area (Å²) in [5.74, 6) is -0.197. The van der Waals surface area contributed by atoms with Crippen molar-refractivity contribution in [3.63, 3.8) is 0 Å².